The molecule has 204 valence electrons. The molecule has 1 aliphatic rings. The van der Waals surface area contributed by atoms with Gasteiger partial charge in [0.05, 0.1) is 17.0 Å². The number of nitrogens with zero attached hydrogens (tertiary/aromatic N) is 3. The van der Waals surface area contributed by atoms with E-state index in [4.69, 9.17) is 0 Å². The van der Waals surface area contributed by atoms with Crippen LogP contribution in [0, 0.1) is 10.1 Å². The molecule has 0 saturated heterocycles. The number of carbonyl (C=O) groups is 3. The number of para-hydroxylation sites is 1. The van der Waals surface area contributed by atoms with Crippen LogP contribution in [0.3, 0.4) is 0 Å². The zero-order chi connectivity index (χ0) is 28.8. The van der Waals surface area contributed by atoms with Crippen molar-refractivity contribution in [3.05, 3.63) is 130 Å². The van der Waals surface area contributed by atoms with Crippen molar-refractivity contribution in [2.24, 2.45) is 5.10 Å². The Morgan fingerprint density at radius 3 is 2.24 bits per heavy atom. The number of hydrazone groups is 1. The maximum atomic E-state index is 13.5. The summed E-state index contributed by atoms with van der Waals surface area (Å²) in [5.74, 6) is -0.754. The van der Waals surface area contributed by atoms with Gasteiger partial charge in [-0.05, 0) is 48.0 Å². The molecule has 0 bridgehead atoms. The highest BCUT2D eigenvalue weighted by Gasteiger charge is 2.29. The number of non-ortho nitro benzene ring substituents is 1. The van der Waals surface area contributed by atoms with Crippen LogP contribution in [-0.2, 0) is 9.59 Å². The van der Waals surface area contributed by atoms with Crippen molar-refractivity contribution in [1.82, 2.24) is 5.32 Å². The van der Waals surface area contributed by atoms with Gasteiger partial charge in [0.1, 0.15) is 11.1 Å². The fourth-order valence-corrected chi connectivity index (χ4v) is 5.18. The fraction of sp³-hybridized carbons (Fsp3) is 0.0667. The van der Waals surface area contributed by atoms with E-state index < -0.39 is 16.1 Å². The summed E-state index contributed by atoms with van der Waals surface area (Å²) in [6.45, 7) is 0. The Balaban J connectivity index is 1.32. The standard InChI is InChI=1S/C30H23N5O5S/c36-27-19-26(33-34(27)23-11-5-2-6-12-23)32-30(38)28(20-8-3-1-4-9-20)41-25-13-7-10-22(18-25)31-29(37)21-14-16-24(17-15-21)35(39)40/h1-18,28H,19H2,(H,31,37)(H,32,33,38). The van der Waals surface area contributed by atoms with Crippen molar-refractivity contribution in [2.45, 2.75) is 16.6 Å². The first-order valence-corrected chi connectivity index (χ1v) is 13.4. The molecular weight excluding hydrogens is 542 g/mol. The first kappa shape index (κ1) is 27.3. The predicted octanol–water partition coefficient (Wildman–Crippen LogP) is 5.55. The van der Waals surface area contributed by atoms with Gasteiger partial charge >= 0.3 is 0 Å². The van der Waals surface area contributed by atoms with Crippen molar-refractivity contribution in [1.29, 1.82) is 0 Å². The van der Waals surface area contributed by atoms with Crippen LogP contribution in [0.2, 0.25) is 0 Å². The van der Waals surface area contributed by atoms with E-state index in [9.17, 15) is 24.5 Å². The van der Waals surface area contributed by atoms with Crippen molar-refractivity contribution in [3.63, 3.8) is 0 Å². The average Bonchev–Trinajstić information content (AvgIpc) is 3.36. The van der Waals surface area contributed by atoms with Gasteiger partial charge in [-0.2, -0.15) is 10.1 Å². The molecule has 0 spiro atoms. The summed E-state index contributed by atoms with van der Waals surface area (Å²) in [6.07, 6.45) is -0.0308. The third kappa shape index (κ3) is 6.65. The Kier molecular flexibility index (Phi) is 8.16. The molecule has 0 aromatic heterocycles. The van der Waals surface area contributed by atoms with Gasteiger partial charge in [0.25, 0.3) is 17.5 Å². The van der Waals surface area contributed by atoms with Crippen LogP contribution in [0.15, 0.2) is 119 Å². The zero-order valence-electron chi connectivity index (χ0n) is 21.5. The number of nitro benzene ring substituents is 1. The lowest BCUT2D eigenvalue weighted by atomic mass is 10.1. The molecule has 0 fully saturated rings. The third-order valence-corrected chi connectivity index (χ3v) is 7.32. The van der Waals surface area contributed by atoms with Crippen molar-refractivity contribution < 1.29 is 19.3 Å². The number of anilines is 2. The van der Waals surface area contributed by atoms with E-state index >= 15 is 0 Å². The molecule has 1 atom stereocenters. The minimum absolute atomic E-state index is 0.0308. The van der Waals surface area contributed by atoms with E-state index in [1.165, 1.54) is 41.0 Å². The molecule has 4 aromatic carbocycles. The van der Waals surface area contributed by atoms with E-state index in [0.717, 1.165) is 5.56 Å². The van der Waals surface area contributed by atoms with Gasteiger partial charge < -0.3 is 10.6 Å². The number of thioether (sulfide) groups is 1. The van der Waals surface area contributed by atoms with Gasteiger partial charge in [-0.15, -0.1) is 11.8 Å². The molecule has 41 heavy (non-hydrogen) atoms. The van der Waals surface area contributed by atoms with Crippen LogP contribution in [0.1, 0.15) is 27.6 Å². The molecule has 1 heterocycles. The topological polar surface area (TPSA) is 134 Å². The molecule has 0 radical (unpaired) electrons. The quantitative estimate of drug-likeness (QED) is 0.164. The molecule has 3 amide bonds. The second kappa shape index (κ2) is 12.3. The van der Waals surface area contributed by atoms with E-state index in [0.29, 0.717) is 16.3 Å². The summed E-state index contributed by atoms with van der Waals surface area (Å²) in [5, 5.41) is 21.4. The first-order chi connectivity index (χ1) is 19.9. The number of hydrogen-bond acceptors (Lipinski definition) is 7. The highest BCUT2D eigenvalue weighted by molar-refractivity contribution is 8.00. The second-order valence-corrected chi connectivity index (χ2v) is 10.1. The zero-order valence-corrected chi connectivity index (χ0v) is 22.3. The van der Waals surface area contributed by atoms with Gasteiger partial charge in [-0.3, -0.25) is 24.5 Å². The Morgan fingerprint density at radius 1 is 0.878 bits per heavy atom. The summed E-state index contributed by atoms with van der Waals surface area (Å²) in [5.41, 5.74) is 2.02. The number of carbonyl (C=O) groups excluding carboxylic acids is 3. The van der Waals surface area contributed by atoms with Crippen molar-refractivity contribution >= 4 is 52.4 Å². The lowest BCUT2D eigenvalue weighted by Crippen LogP contribution is -2.33. The molecule has 1 aliphatic heterocycles. The Hall–Kier alpha value is -5.29. The van der Waals surface area contributed by atoms with Gasteiger partial charge in [-0.25, -0.2) is 0 Å². The maximum Gasteiger partial charge on any atom is 0.269 e. The number of nitrogens with one attached hydrogen (secondary N) is 2. The molecule has 0 saturated carbocycles. The molecule has 11 heteroatoms. The van der Waals surface area contributed by atoms with E-state index in [2.05, 4.69) is 15.7 Å². The molecule has 1 unspecified atom stereocenters. The second-order valence-electron chi connectivity index (χ2n) is 8.95. The molecule has 10 nitrogen and oxygen atoms in total. The van der Waals surface area contributed by atoms with Gasteiger partial charge in [-0.1, -0.05) is 54.6 Å². The van der Waals surface area contributed by atoms with Crippen LogP contribution >= 0.6 is 11.8 Å². The molecule has 4 aromatic rings. The monoisotopic (exact) mass is 565 g/mol. The normalized spacial score (nSPS) is 13.3. The largest absolute Gasteiger partial charge is 0.322 e. The minimum Gasteiger partial charge on any atom is -0.322 e. The predicted molar refractivity (Wildman–Crippen MR) is 157 cm³/mol. The fourth-order valence-electron chi connectivity index (χ4n) is 4.10. The number of amidine groups is 1. The Bertz CT molecular complexity index is 1630. The molecule has 5 rings (SSSR count). The van der Waals surface area contributed by atoms with E-state index in [1.807, 2.05) is 42.5 Å². The van der Waals surface area contributed by atoms with E-state index in [1.54, 1.807) is 42.5 Å². The molecular formula is C30H23N5O5S. The molecule has 0 aliphatic carbocycles. The summed E-state index contributed by atoms with van der Waals surface area (Å²) < 4.78 is 0. The van der Waals surface area contributed by atoms with Crippen LogP contribution in [0.25, 0.3) is 0 Å². The van der Waals surface area contributed by atoms with Crippen LogP contribution in [-0.4, -0.2) is 28.5 Å². The maximum absolute atomic E-state index is 13.5. The SMILES string of the molecule is O=C(Nc1cccc(SC(C(=O)NC2=NN(c3ccccc3)C(=O)C2)c2ccccc2)c1)c1ccc([N+](=O)[O-])cc1. The highest BCUT2D eigenvalue weighted by Crippen LogP contribution is 2.36. The van der Waals surface area contributed by atoms with Gasteiger partial charge in [0.15, 0.2) is 0 Å². The van der Waals surface area contributed by atoms with Gasteiger partial charge in [0, 0.05) is 28.3 Å². The highest BCUT2D eigenvalue weighted by atomic mass is 32.2. The Morgan fingerprint density at radius 2 is 1.56 bits per heavy atom. The third-order valence-electron chi connectivity index (χ3n) is 6.07. The number of nitro groups is 1. The van der Waals surface area contributed by atoms with Crippen molar-refractivity contribution in [3.8, 4) is 0 Å². The minimum atomic E-state index is -0.680. The number of benzene rings is 4. The number of amides is 3. The van der Waals surface area contributed by atoms with E-state index in [-0.39, 0.29) is 35.3 Å². The number of rotatable bonds is 8. The summed E-state index contributed by atoms with van der Waals surface area (Å²) in [6, 6.07) is 30.5. The molecule has 2 N–H and O–H groups in total. The first-order valence-electron chi connectivity index (χ1n) is 12.5. The van der Waals surface area contributed by atoms with Crippen LogP contribution in [0.4, 0.5) is 17.1 Å². The summed E-state index contributed by atoms with van der Waals surface area (Å²) >= 11 is 1.28. The Labute approximate surface area is 239 Å². The smallest absolute Gasteiger partial charge is 0.269 e. The summed E-state index contributed by atoms with van der Waals surface area (Å²) in [7, 11) is 0. The van der Waals surface area contributed by atoms with Crippen LogP contribution < -0.4 is 15.6 Å². The van der Waals surface area contributed by atoms with Gasteiger partial charge in [0.2, 0.25) is 5.91 Å². The lowest BCUT2D eigenvalue weighted by Gasteiger charge is -2.17. The summed E-state index contributed by atoms with van der Waals surface area (Å²) in [4.78, 5) is 49.9. The number of hydrogen-bond donors (Lipinski definition) is 2. The van der Waals surface area contributed by atoms with Crippen molar-refractivity contribution in [2.75, 3.05) is 10.3 Å². The lowest BCUT2D eigenvalue weighted by molar-refractivity contribution is -0.384. The average molecular weight is 566 g/mol. The van der Waals surface area contributed by atoms with Crippen LogP contribution in [0.5, 0.6) is 0 Å².